The second kappa shape index (κ2) is 13.0. The maximum atomic E-state index is 14.0. The van der Waals surface area contributed by atoms with Gasteiger partial charge in [0, 0.05) is 16.5 Å². The summed E-state index contributed by atoms with van der Waals surface area (Å²) in [5.74, 6) is -4.29. The van der Waals surface area contributed by atoms with Crippen LogP contribution < -0.4 is 19.8 Å². The van der Waals surface area contributed by atoms with Crippen LogP contribution in [-0.2, 0) is 31.8 Å². The van der Waals surface area contributed by atoms with Crippen molar-refractivity contribution in [1.82, 2.24) is 4.57 Å². The van der Waals surface area contributed by atoms with Gasteiger partial charge >= 0.3 is 17.0 Å². The number of imide groups is 1. The number of methoxy groups -OCH3 is 1. The molecule has 1 N–H and O–H groups in total. The van der Waals surface area contributed by atoms with Gasteiger partial charge in [0.2, 0.25) is 17.7 Å². The maximum Gasteiger partial charge on any atom is 0.418 e. The highest BCUT2D eigenvalue weighted by molar-refractivity contribution is 8.00. The van der Waals surface area contributed by atoms with E-state index in [1.165, 1.54) is 48.1 Å². The van der Waals surface area contributed by atoms with E-state index in [1.807, 2.05) is 0 Å². The molecule has 6 rings (SSSR count). The van der Waals surface area contributed by atoms with Crippen LogP contribution in [0.15, 0.2) is 82.6 Å². The van der Waals surface area contributed by atoms with Gasteiger partial charge in [-0.05, 0) is 61.0 Å². The van der Waals surface area contributed by atoms with Gasteiger partial charge in [-0.3, -0.25) is 23.7 Å². The fourth-order valence-corrected chi connectivity index (χ4v) is 8.59. The Balaban J connectivity index is 1.36. The maximum absolute atomic E-state index is 14.0. The predicted octanol–water partition coefficient (Wildman–Crippen LogP) is 5.55. The number of esters is 1. The number of nitrogens with zero attached hydrogens (tertiary/aromatic N) is 2. The van der Waals surface area contributed by atoms with E-state index in [4.69, 9.17) is 9.47 Å². The smallest absolute Gasteiger partial charge is 0.418 e. The number of thioether (sulfide) groups is 1. The fourth-order valence-electron chi connectivity index (χ4n) is 5.82. The summed E-state index contributed by atoms with van der Waals surface area (Å²) in [5.41, 5.74) is -0.521. The molecule has 4 aromatic rings. The van der Waals surface area contributed by atoms with Crippen molar-refractivity contribution < 1.29 is 41.8 Å². The molecule has 0 saturated carbocycles. The van der Waals surface area contributed by atoms with Crippen molar-refractivity contribution in [2.24, 2.45) is 5.92 Å². The zero-order valence-corrected chi connectivity index (χ0v) is 26.9. The van der Waals surface area contributed by atoms with E-state index >= 15 is 0 Å². The first kappa shape index (κ1) is 33.0. The molecule has 0 spiro atoms. The summed E-state index contributed by atoms with van der Waals surface area (Å²) in [6.07, 6.45) is -4.83. The van der Waals surface area contributed by atoms with Gasteiger partial charge in [-0.1, -0.05) is 47.4 Å². The quantitative estimate of drug-likeness (QED) is 0.188. The number of halogens is 3. The van der Waals surface area contributed by atoms with Gasteiger partial charge in [-0.2, -0.15) is 13.2 Å². The first-order valence-electron chi connectivity index (χ1n) is 14.6. The summed E-state index contributed by atoms with van der Waals surface area (Å²) >= 11 is 1.69. The minimum absolute atomic E-state index is 0.203. The van der Waals surface area contributed by atoms with Crippen LogP contribution in [0.4, 0.5) is 24.5 Å². The summed E-state index contributed by atoms with van der Waals surface area (Å²) in [4.78, 5) is 67.0. The molecule has 0 aliphatic carbocycles. The van der Waals surface area contributed by atoms with Gasteiger partial charge in [-0.25, -0.2) is 9.69 Å². The number of hydrogen-bond donors (Lipinski definition) is 1. The monoisotopic (exact) mass is 697 g/mol. The Bertz CT molecular complexity index is 1970. The third-order valence-electron chi connectivity index (χ3n) is 7.96. The van der Waals surface area contributed by atoms with Crippen LogP contribution in [0.5, 0.6) is 5.75 Å². The number of aromatic nitrogens is 1. The van der Waals surface area contributed by atoms with E-state index < -0.39 is 69.6 Å². The molecule has 0 bridgehead atoms. The van der Waals surface area contributed by atoms with E-state index in [2.05, 4.69) is 5.32 Å². The molecular weight excluding hydrogens is 672 g/mol. The first-order valence-corrected chi connectivity index (χ1v) is 16.3. The lowest BCUT2D eigenvalue weighted by molar-refractivity contribution is -0.137. The summed E-state index contributed by atoms with van der Waals surface area (Å²) < 4.78 is 53.4. The van der Waals surface area contributed by atoms with Gasteiger partial charge in [0.05, 0.1) is 41.5 Å². The molecular formula is C33H26F3N3O7S2. The molecule has 1 fully saturated rings. The highest BCUT2D eigenvalue weighted by Crippen LogP contribution is 2.54. The Labute approximate surface area is 279 Å². The highest BCUT2D eigenvalue weighted by Gasteiger charge is 2.57. The minimum atomic E-state index is -4.83. The van der Waals surface area contributed by atoms with Crippen molar-refractivity contribution in [2.75, 3.05) is 23.9 Å². The number of amides is 3. The second-order valence-corrected chi connectivity index (χ2v) is 12.9. The number of anilines is 2. The lowest BCUT2D eigenvalue weighted by atomic mass is 9.83. The van der Waals surface area contributed by atoms with Crippen molar-refractivity contribution in [3.63, 3.8) is 0 Å². The number of nitrogens with one attached hydrogen (secondary N) is 1. The van der Waals surface area contributed by atoms with Gasteiger partial charge in [0.25, 0.3) is 0 Å². The number of alkyl halides is 3. The van der Waals surface area contributed by atoms with E-state index in [0.717, 1.165) is 35.2 Å². The minimum Gasteiger partial charge on any atom is -0.497 e. The Morgan fingerprint density at radius 1 is 0.938 bits per heavy atom. The summed E-state index contributed by atoms with van der Waals surface area (Å²) in [6.45, 7) is 1.43. The highest BCUT2D eigenvalue weighted by atomic mass is 32.2. The van der Waals surface area contributed by atoms with E-state index in [-0.39, 0.29) is 17.2 Å². The molecule has 3 atom stereocenters. The van der Waals surface area contributed by atoms with Crippen LogP contribution in [0.1, 0.15) is 39.2 Å². The fraction of sp³-hybridized carbons (Fsp3) is 0.242. The van der Waals surface area contributed by atoms with Crippen molar-refractivity contribution in [2.45, 2.75) is 35.8 Å². The second-order valence-electron chi connectivity index (χ2n) is 10.8. The first-order chi connectivity index (χ1) is 22.9. The number of fused-ring (bicyclic) bond motifs is 2. The van der Waals surface area contributed by atoms with Gasteiger partial charge in [0.1, 0.15) is 17.5 Å². The van der Waals surface area contributed by atoms with Crippen molar-refractivity contribution in [3.05, 3.63) is 104 Å². The normalized spacial score (nSPS) is 18.7. The van der Waals surface area contributed by atoms with Crippen LogP contribution in [-0.4, -0.2) is 47.2 Å². The topological polar surface area (TPSA) is 124 Å². The van der Waals surface area contributed by atoms with Gasteiger partial charge in [-0.15, -0.1) is 0 Å². The number of hydrogen-bond acceptors (Lipinski definition) is 9. The molecule has 3 aromatic carbocycles. The molecule has 0 unspecified atom stereocenters. The average molecular weight is 698 g/mol. The van der Waals surface area contributed by atoms with E-state index in [1.54, 1.807) is 31.2 Å². The largest absolute Gasteiger partial charge is 0.497 e. The molecule has 10 nitrogen and oxygen atoms in total. The number of rotatable bonds is 8. The molecule has 3 amide bonds. The molecule has 248 valence electrons. The standard InChI is InChI=1S/C33H26F3N3O7S2/c1-3-46-31(43)18-8-12-19(13-9-18)37-23(40)16-38-30-27(48-32(38)44)24(17-10-14-20(45-2)15-11-17)25-26(47-30)29(42)39(28(25)41)22-7-5-4-6-21(22)33(34,35)36/h4-15,24-26H,3,16H2,1-2H3,(H,37,40)/t24-,25-,26+/m0/s1. The molecule has 0 radical (unpaired) electrons. The summed E-state index contributed by atoms with van der Waals surface area (Å²) in [7, 11) is 1.47. The van der Waals surface area contributed by atoms with Crippen LogP contribution in [0.3, 0.4) is 0 Å². The van der Waals surface area contributed by atoms with Crippen molar-refractivity contribution in [3.8, 4) is 5.75 Å². The third kappa shape index (κ3) is 5.99. The zero-order chi connectivity index (χ0) is 34.3. The Morgan fingerprint density at radius 3 is 2.27 bits per heavy atom. The molecule has 1 aromatic heterocycles. The number of benzene rings is 3. The van der Waals surface area contributed by atoms with Crippen LogP contribution in [0.2, 0.25) is 0 Å². The number of para-hydroxylation sites is 1. The lowest BCUT2D eigenvalue weighted by Gasteiger charge is -2.30. The Morgan fingerprint density at radius 2 is 1.62 bits per heavy atom. The zero-order valence-electron chi connectivity index (χ0n) is 25.3. The van der Waals surface area contributed by atoms with Gasteiger partial charge < -0.3 is 14.8 Å². The number of carbonyl (C=O) groups excluding carboxylic acids is 4. The van der Waals surface area contributed by atoms with Crippen LogP contribution in [0.25, 0.3) is 0 Å². The lowest BCUT2D eigenvalue weighted by Crippen LogP contribution is -2.33. The molecule has 48 heavy (non-hydrogen) atoms. The summed E-state index contributed by atoms with van der Waals surface area (Å²) in [5, 5.41) is 1.76. The van der Waals surface area contributed by atoms with E-state index in [9.17, 15) is 37.1 Å². The Hall–Kier alpha value is -4.89. The summed E-state index contributed by atoms with van der Waals surface area (Å²) in [6, 6.07) is 17.0. The van der Waals surface area contributed by atoms with Crippen molar-refractivity contribution >= 4 is 58.2 Å². The molecule has 3 heterocycles. The van der Waals surface area contributed by atoms with E-state index in [0.29, 0.717) is 26.8 Å². The molecule has 2 aliphatic rings. The van der Waals surface area contributed by atoms with Crippen LogP contribution in [0, 0.1) is 5.92 Å². The third-order valence-corrected chi connectivity index (χ3v) is 10.6. The SMILES string of the molecule is CCOC(=O)c1ccc(NC(=O)Cn2c3c(sc2=O)[C@@H](c2ccc(OC)cc2)[C@@H]2C(=O)N(c4ccccc4C(F)(F)F)C(=O)[C@@H]2S3)cc1. The number of carbonyl (C=O) groups is 4. The molecule has 2 aliphatic heterocycles. The Kier molecular flexibility index (Phi) is 8.92. The van der Waals surface area contributed by atoms with Crippen molar-refractivity contribution in [1.29, 1.82) is 0 Å². The molecule has 1 saturated heterocycles. The van der Waals surface area contributed by atoms with Crippen LogP contribution >= 0.6 is 23.1 Å². The number of thiazole rings is 1. The average Bonchev–Trinajstić information content (AvgIpc) is 3.50. The number of ether oxygens (including phenoxy) is 2. The van der Waals surface area contributed by atoms with Gasteiger partial charge in [0.15, 0.2) is 0 Å². The molecule has 15 heteroatoms. The predicted molar refractivity (Wildman–Crippen MR) is 172 cm³/mol.